The van der Waals surface area contributed by atoms with Gasteiger partial charge in [0.1, 0.15) is 0 Å². The van der Waals surface area contributed by atoms with Crippen LogP contribution in [0.4, 0.5) is 0 Å². The molecular weight excluding hydrogens is 372 g/mol. The summed E-state index contributed by atoms with van der Waals surface area (Å²) in [6.45, 7) is 11.2. The first-order valence-corrected chi connectivity index (χ1v) is 12.5. The largest absolute Gasteiger partial charge is 0.393 e. The summed E-state index contributed by atoms with van der Waals surface area (Å²) in [6, 6.07) is 0. The summed E-state index contributed by atoms with van der Waals surface area (Å²) in [4.78, 5) is 0. The maximum absolute atomic E-state index is 10.1. The van der Waals surface area contributed by atoms with Crippen LogP contribution in [0.1, 0.15) is 98.8 Å². The zero-order valence-electron chi connectivity index (χ0n) is 20.0. The van der Waals surface area contributed by atoms with Gasteiger partial charge in [-0.3, -0.25) is 0 Å². The van der Waals surface area contributed by atoms with Gasteiger partial charge < -0.3 is 15.3 Å². The molecule has 0 heterocycles. The number of aliphatic hydroxyl groups is 3. The van der Waals surface area contributed by atoms with Crippen LogP contribution in [0.2, 0.25) is 0 Å². The van der Waals surface area contributed by atoms with E-state index in [1.165, 1.54) is 37.7 Å². The van der Waals surface area contributed by atoms with E-state index in [2.05, 4.69) is 32.9 Å². The van der Waals surface area contributed by atoms with Crippen molar-refractivity contribution in [1.82, 2.24) is 0 Å². The highest BCUT2D eigenvalue weighted by atomic mass is 16.3. The van der Waals surface area contributed by atoms with Crippen LogP contribution in [0.15, 0.2) is 23.3 Å². The number of hydrogen-bond donors (Lipinski definition) is 3. The predicted octanol–water partition coefficient (Wildman–Crippen LogP) is 5.78. The van der Waals surface area contributed by atoms with Gasteiger partial charge in [0.2, 0.25) is 0 Å². The highest BCUT2D eigenvalue weighted by molar-refractivity contribution is 5.27. The highest BCUT2D eigenvalue weighted by Gasteiger charge is 2.51. The van der Waals surface area contributed by atoms with Gasteiger partial charge in [0.05, 0.1) is 17.8 Å². The summed E-state index contributed by atoms with van der Waals surface area (Å²) in [5.41, 5.74) is 2.64. The summed E-state index contributed by atoms with van der Waals surface area (Å²) in [5, 5.41) is 30.1. The Morgan fingerprint density at radius 3 is 2.40 bits per heavy atom. The zero-order valence-corrected chi connectivity index (χ0v) is 20.0. The number of fused-ring (bicyclic) bond motifs is 1. The van der Waals surface area contributed by atoms with E-state index in [1.54, 1.807) is 5.57 Å². The van der Waals surface area contributed by atoms with Crippen LogP contribution in [-0.4, -0.2) is 33.1 Å². The fourth-order valence-corrected chi connectivity index (χ4v) is 7.00. The molecule has 0 radical (unpaired) electrons. The second kappa shape index (κ2) is 9.46. The molecule has 3 heteroatoms. The molecular formula is C27H46O3. The number of allylic oxidation sites excluding steroid dienone is 3. The van der Waals surface area contributed by atoms with Gasteiger partial charge in [-0.15, -0.1) is 0 Å². The molecule has 0 unspecified atom stereocenters. The van der Waals surface area contributed by atoms with Crippen molar-refractivity contribution >= 4 is 0 Å². The Labute approximate surface area is 184 Å². The van der Waals surface area contributed by atoms with Crippen LogP contribution in [-0.2, 0) is 0 Å². The van der Waals surface area contributed by atoms with E-state index in [9.17, 15) is 15.3 Å². The third-order valence-corrected chi connectivity index (χ3v) is 8.68. The van der Waals surface area contributed by atoms with Crippen molar-refractivity contribution in [3.63, 3.8) is 0 Å². The van der Waals surface area contributed by atoms with E-state index in [0.717, 1.165) is 18.8 Å². The lowest BCUT2D eigenvalue weighted by molar-refractivity contribution is 0.0570. The summed E-state index contributed by atoms with van der Waals surface area (Å²) < 4.78 is 0. The van der Waals surface area contributed by atoms with Crippen molar-refractivity contribution in [2.75, 3.05) is 0 Å². The van der Waals surface area contributed by atoms with Gasteiger partial charge >= 0.3 is 0 Å². The number of hydrogen-bond acceptors (Lipinski definition) is 3. The first-order chi connectivity index (χ1) is 14.0. The minimum absolute atomic E-state index is 0.386. The topological polar surface area (TPSA) is 60.7 Å². The maximum Gasteiger partial charge on any atom is 0.0602 e. The van der Waals surface area contributed by atoms with Gasteiger partial charge in [0.25, 0.3) is 0 Å². The second-order valence-electron chi connectivity index (χ2n) is 11.8. The Bertz CT molecular complexity index is 631. The lowest BCUT2D eigenvalue weighted by atomic mass is 9.58. The summed E-state index contributed by atoms with van der Waals surface area (Å²) >= 11 is 0. The smallest absolute Gasteiger partial charge is 0.0602 e. The van der Waals surface area contributed by atoms with Gasteiger partial charge in [-0.1, -0.05) is 56.9 Å². The molecule has 0 aromatic heterocycles. The van der Waals surface area contributed by atoms with Crippen molar-refractivity contribution in [3.05, 3.63) is 23.3 Å². The molecule has 3 fully saturated rings. The number of rotatable bonds is 6. The van der Waals surface area contributed by atoms with Crippen molar-refractivity contribution in [2.24, 2.45) is 29.1 Å². The number of aliphatic hydroxyl groups excluding tert-OH is 2. The quantitative estimate of drug-likeness (QED) is 0.512. The van der Waals surface area contributed by atoms with Gasteiger partial charge in [-0.25, -0.2) is 0 Å². The predicted molar refractivity (Wildman–Crippen MR) is 124 cm³/mol. The lowest BCUT2D eigenvalue weighted by Crippen LogP contribution is -2.38. The third kappa shape index (κ3) is 5.58. The molecule has 30 heavy (non-hydrogen) atoms. The fraction of sp³-hybridized carbons (Fsp3) is 0.852. The van der Waals surface area contributed by atoms with E-state index in [0.29, 0.717) is 42.4 Å². The average Bonchev–Trinajstić information content (AvgIpc) is 2.97. The van der Waals surface area contributed by atoms with E-state index < -0.39 is 17.8 Å². The van der Waals surface area contributed by atoms with Crippen LogP contribution in [0.25, 0.3) is 0 Å². The fourth-order valence-electron chi connectivity index (χ4n) is 7.00. The molecule has 3 N–H and O–H groups in total. The van der Waals surface area contributed by atoms with Crippen LogP contribution < -0.4 is 0 Å². The average molecular weight is 419 g/mol. The SMILES string of the molecule is C[C@H](CCCC(C)(C)O)[C@H]1CC[C@H]2/C(=C/C=C3C[C@@H](O)C[C@H](O)C3)[C@@H](C)CC[C@]12C. The molecule has 0 saturated heterocycles. The Morgan fingerprint density at radius 1 is 1.10 bits per heavy atom. The standard InChI is InChI=1S/C27H46O3/c1-18-12-14-27(5)24(19(2)7-6-13-26(3,4)30)10-11-25(27)23(18)9-8-20-15-21(28)17-22(29)16-20/h8-9,18-19,21-22,24-25,28-30H,6-7,10-17H2,1-5H3/b23-9+/t18-,19+,21+,22+,24+,25-,27+/m0/s1. The third-order valence-electron chi connectivity index (χ3n) is 8.68. The molecule has 7 atom stereocenters. The normalized spacial score (nSPS) is 39.8. The minimum atomic E-state index is -0.550. The van der Waals surface area contributed by atoms with E-state index in [1.807, 2.05) is 13.8 Å². The van der Waals surface area contributed by atoms with Gasteiger partial charge in [-0.2, -0.15) is 0 Å². The second-order valence-corrected chi connectivity index (χ2v) is 11.8. The Hall–Kier alpha value is -0.640. The van der Waals surface area contributed by atoms with Gasteiger partial charge in [0.15, 0.2) is 0 Å². The summed E-state index contributed by atoms with van der Waals surface area (Å²) in [6.07, 6.45) is 14.1. The lowest BCUT2D eigenvalue weighted by Gasteiger charge is -2.46. The van der Waals surface area contributed by atoms with Crippen molar-refractivity contribution < 1.29 is 15.3 Å². The molecule has 3 nitrogen and oxygen atoms in total. The molecule has 0 aromatic carbocycles. The Balaban J connectivity index is 1.71. The Kier molecular flexibility index (Phi) is 7.58. The first-order valence-electron chi connectivity index (χ1n) is 12.5. The van der Waals surface area contributed by atoms with Crippen LogP contribution >= 0.6 is 0 Å². The molecule has 0 aliphatic heterocycles. The Morgan fingerprint density at radius 2 is 1.77 bits per heavy atom. The monoisotopic (exact) mass is 418 g/mol. The molecule has 3 aliphatic rings. The summed E-state index contributed by atoms with van der Waals surface area (Å²) in [7, 11) is 0. The molecule has 3 rings (SSSR count). The van der Waals surface area contributed by atoms with Crippen molar-refractivity contribution in [1.29, 1.82) is 0 Å². The van der Waals surface area contributed by atoms with Crippen LogP contribution in [0.5, 0.6) is 0 Å². The van der Waals surface area contributed by atoms with E-state index in [-0.39, 0.29) is 0 Å². The molecule has 0 amide bonds. The van der Waals surface area contributed by atoms with Crippen LogP contribution in [0.3, 0.4) is 0 Å². The van der Waals surface area contributed by atoms with Crippen LogP contribution in [0, 0.1) is 29.1 Å². The van der Waals surface area contributed by atoms with Gasteiger partial charge in [0, 0.05) is 0 Å². The molecule has 0 aromatic rings. The molecule has 3 aliphatic carbocycles. The minimum Gasteiger partial charge on any atom is -0.393 e. The first kappa shape index (κ1) is 24.0. The summed E-state index contributed by atoms with van der Waals surface area (Å²) in [5.74, 6) is 2.77. The van der Waals surface area contributed by atoms with Crippen molar-refractivity contribution in [3.8, 4) is 0 Å². The highest BCUT2D eigenvalue weighted by Crippen LogP contribution is 2.61. The van der Waals surface area contributed by atoms with Crippen molar-refractivity contribution in [2.45, 2.75) is 117 Å². The van der Waals surface area contributed by atoms with Gasteiger partial charge in [-0.05, 0) is 94.3 Å². The van der Waals surface area contributed by atoms with E-state index >= 15 is 0 Å². The molecule has 0 bridgehead atoms. The molecule has 3 saturated carbocycles. The molecule has 0 spiro atoms. The molecule has 172 valence electrons. The van der Waals surface area contributed by atoms with E-state index in [4.69, 9.17) is 0 Å². The maximum atomic E-state index is 10.1. The zero-order chi connectivity index (χ0) is 22.1.